The van der Waals surface area contributed by atoms with Crippen molar-refractivity contribution in [3.8, 4) is 0 Å². The van der Waals surface area contributed by atoms with Crippen LogP contribution in [0.5, 0.6) is 0 Å². The van der Waals surface area contributed by atoms with E-state index in [0.29, 0.717) is 6.54 Å². The van der Waals surface area contributed by atoms with Crippen LogP contribution < -0.4 is 0 Å². The second-order valence-electron chi connectivity index (χ2n) is 6.06. The first kappa shape index (κ1) is 16.0. The highest BCUT2D eigenvalue weighted by atomic mass is 16.5. The highest BCUT2D eigenvalue weighted by Crippen LogP contribution is 2.15. The fraction of sp³-hybridized carbons (Fsp3) is 0.588. The first-order valence-corrected chi connectivity index (χ1v) is 7.68. The van der Waals surface area contributed by atoms with Crippen LogP contribution in [0.1, 0.15) is 28.8 Å². The van der Waals surface area contributed by atoms with E-state index in [-0.39, 0.29) is 12.0 Å². The molecular formula is C17H26N2O2. The number of amides is 1. The average Bonchev–Trinajstić information content (AvgIpc) is 2.95. The number of hydrogen-bond donors (Lipinski definition) is 0. The van der Waals surface area contributed by atoms with Crippen molar-refractivity contribution in [1.29, 1.82) is 0 Å². The highest BCUT2D eigenvalue weighted by molar-refractivity contribution is 5.94. The number of nitrogens with zero attached hydrogens (tertiary/aromatic N) is 2. The monoisotopic (exact) mass is 290 g/mol. The standard InChI is InChI=1S/C17H26N2O2/c1-14-6-4-7-15(12-14)17(20)19(10-9-18(2)3)13-16-8-5-11-21-16/h4,6-7,12,16H,5,8-11,13H2,1-3H3/t16-/m1/s1. The highest BCUT2D eigenvalue weighted by Gasteiger charge is 2.23. The van der Waals surface area contributed by atoms with Crippen LogP contribution in [0.15, 0.2) is 24.3 Å². The van der Waals surface area contributed by atoms with Crippen LogP contribution in [0.3, 0.4) is 0 Å². The molecule has 4 heteroatoms. The van der Waals surface area contributed by atoms with Crippen LogP contribution in [0.25, 0.3) is 0 Å². The molecule has 1 heterocycles. The van der Waals surface area contributed by atoms with Crippen molar-refractivity contribution in [3.05, 3.63) is 35.4 Å². The number of ether oxygens (including phenoxy) is 1. The van der Waals surface area contributed by atoms with Crippen molar-refractivity contribution < 1.29 is 9.53 Å². The van der Waals surface area contributed by atoms with E-state index in [1.54, 1.807) is 0 Å². The maximum Gasteiger partial charge on any atom is 0.253 e. The molecule has 1 saturated heterocycles. The minimum Gasteiger partial charge on any atom is -0.376 e. The van der Waals surface area contributed by atoms with Gasteiger partial charge in [-0.1, -0.05) is 17.7 Å². The average molecular weight is 290 g/mol. The third-order valence-electron chi connectivity index (χ3n) is 3.82. The molecule has 0 aromatic heterocycles. The molecule has 1 fully saturated rings. The Bertz CT molecular complexity index is 468. The molecule has 0 aliphatic carbocycles. The molecule has 1 amide bonds. The minimum atomic E-state index is 0.107. The topological polar surface area (TPSA) is 32.8 Å². The molecule has 0 spiro atoms. The van der Waals surface area contributed by atoms with Gasteiger partial charge in [-0.15, -0.1) is 0 Å². The first-order valence-electron chi connectivity index (χ1n) is 7.68. The smallest absolute Gasteiger partial charge is 0.253 e. The minimum absolute atomic E-state index is 0.107. The molecule has 0 bridgehead atoms. The molecule has 1 aliphatic heterocycles. The van der Waals surface area contributed by atoms with E-state index in [9.17, 15) is 4.79 Å². The zero-order chi connectivity index (χ0) is 15.2. The summed E-state index contributed by atoms with van der Waals surface area (Å²) in [6.45, 7) is 5.14. The molecule has 1 aromatic rings. The van der Waals surface area contributed by atoms with Crippen molar-refractivity contribution in [2.75, 3.05) is 40.3 Å². The van der Waals surface area contributed by atoms with E-state index in [0.717, 1.165) is 43.7 Å². The number of benzene rings is 1. The summed E-state index contributed by atoms with van der Waals surface area (Å²) in [5.41, 5.74) is 1.89. The summed E-state index contributed by atoms with van der Waals surface area (Å²) < 4.78 is 5.69. The molecule has 116 valence electrons. The van der Waals surface area contributed by atoms with Gasteiger partial charge in [-0.05, 0) is 46.0 Å². The molecule has 21 heavy (non-hydrogen) atoms. The molecule has 0 N–H and O–H groups in total. The fourth-order valence-electron chi connectivity index (χ4n) is 2.59. The number of aryl methyl sites for hydroxylation is 1. The van der Waals surface area contributed by atoms with Crippen LogP contribution in [-0.4, -0.2) is 62.1 Å². The molecular weight excluding hydrogens is 264 g/mol. The van der Waals surface area contributed by atoms with Gasteiger partial charge in [0.2, 0.25) is 0 Å². The molecule has 1 aliphatic rings. The second kappa shape index (κ2) is 7.57. The number of likely N-dealkylation sites (N-methyl/N-ethyl adjacent to an activating group) is 1. The SMILES string of the molecule is Cc1cccc(C(=O)N(CCN(C)C)C[C@H]2CCCO2)c1. The Morgan fingerprint density at radius 2 is 2.14 bits per heavy atom. The lowest BCUT2D eigenvalue weighted by Crippen LogP contribution is -2.41. The Morgan fingerprint density at radius 3 is 2.76 bits per heavy atom. The third kappa shape index (κ3) is 4.83. The van der Waals surface area contributed by atoms with Gasteiger partial charge >= 0.3 is 0 Å². The van der Waals surface area contributed by atoms with Crippen LogP contribution in [-0.2, 0) is 4.74 Å². The zero-order valence-corrected chi connectivity index (χ0v) is 13.3. The van der Waals surface area contributed by atoms with E-state index < -0.39 is 0 Å². The Morgan fingerprint density at radius 1 is 1.33 bits per heavy atom. The lowest BCUT2D eigenvalue weighted by atomic mass is 10.1. The normalized spacial score (nSPS) is 18.2. The number of carbonyl (C=O) groups is 1. The molecule has 4 nitrogen and oxygen atoms in total. The van der Waals surface area contributed by atoms with Gasteiger partial charge in [-0.3, -0.25) is 4.79 Å². The Labute approximate surface area is 127 Å². The lowest BCUT2D eigenvalue weighted by molar-refractivity contribution is 0.0512. The zero-order valence-electron chi connectivity index (χ0n) is 13.3. The summed E-state index contributed by atoms with van der Waals surface area (Å²) in [7, 11) is 4.06. The third-order valence-corrected chi connectivity index (χ3v) is 3.82. The van der Waals surface area contributed by atoms with Gasteiger partial charge in [-0.25, -0.2) is 0 Å². The molecule has 2 rings (SSSR count). The van der Waals surface area contributed by atoms with Crippen LogP contribution in [0, 0.1) is 6.92 Å². The van der Waals surface area contributed by atoms with Gasteiger partial charge in [-0.2, -0.15) is 0 Å². The van der Waals surface area contributed by atoms with E-state index in [1.807, 2.05) is 50.2 Å². The Hall–Kier alpha value is -1.39. The summed E-state index contributed by atoms with van der Waals surface area (Å²) in [4.78, 5) is 16.8. The number of rotatable bonds is 6. The quantitative estimate of drug-likeness (QED) is 0.805. The summed E-state index contributed by atoms with van der Waals surface area (Å²) in [5.74, 6) is 0.107. The van der Waals surface area contributed by atoms with Gasteiger partial charge in [0.15, 0.2) is 0 Å². The van der Waals surface area contributed by atoms with E-state index in [2.05, 4.69) is 4.90 Å². The van der Waals surface area contributed by atoms with Crippen molar-refractivity contribution in [3.63, 3.8) is 0 Å². The van der Waals surface area contributed by atoms with Crippen LogP contribution in [0.4, 0.5) is 0 Å². The molecule has 1 atom stereocenters. The Kier molecular flexibility index (Phi) is 5.76. The van der Waals surface area contributed by atoms with Crippen LogP contribution in [0.2, 0.25) is 0 Å². The van der Waals surface area contributed by atoms with Gasteiger partial charge in [0.05, 0.1) is 6.10 Å². The van der Waals surface area contributed by atoms with Crippen molar-refractivity contribution in [2.45, 2.75) is 25.9 Å². The number of hydrogen-bond acceptors (Lipinski definition) is 3. The largest absolute Gasteiger partial charge is 0.376 e. The van der Waals surface area contributed by atoms with E-state index in [4.69, 9.17) is 4.74 Å². The Balaban J connectivity index is 2.06. The second-order valence-corrected chi connectivity index (χ2v) is 6.06. The van der Waals surface area contributed by atoms with Crippen molar-refractivity contribution in [2.24, 2.45) is 0 Å². The summed E-state index contributed by atoms with van der Waals surface area (Å²) in [6.07, 6.45) is 2.35. The predicted octanol–water partition coefficient (Wildman–Crippen LogP) is 2.18. The molecule has 0 unspecified atom stereocenters. The first-order chi connectivity index (χ1) is 10.1. The van der Waals surface area contributed by atoms with Crippen LogP contribution >= 0.6 is 0 Å². The van der Waals surface area contributed by atoms with Crippen molar-refractivity contribution >= 4 is 5.91 Å². The molecule has 0 saturated carbocycles. The van der Waals surface area contributed by atoms with Gasteiger partial charge in [0, 0.05) is 31.8 Å². The van der Waals surface area contributed by atoms with Crippen molar-refractivity contribution in [1.82, 2.24) is 9.80 Å². The van der Waals surface area contributed by atoms with E-state index >= 15 is 0 Å². The molecule has 0 radical (unpaired) electrons. The predicted molar refractivity (Wildman–Crippen MR) is 84.6 cm³/mol. The van der Waals surface area contributed by atoms with Gasteiger partial charge in [0.25, 0.3) is 5.91 Å². The summed E-state index contributed by atoms with van der Waals surface area (Å²) >= 11 is 0. The summed E-state index contributed by atoms with van der Waals surface area (Å²) in [6, 6.07) is 7.81. The lowest BCUT2D eigenvalue weighted by Gasteiger charge is -2.27. The number of carbonyl (C=O) groups excluding carboxylic acids is 1. The van der Waals surface area contributed by atoms with Gasteiger partial charge in [0.1, 0.15) is 0 Å². The van der Waals surface area contributed by atoms with E-state index in [1.165, 1.54) is 0 Å². The fourth-order valence-corrected chi connectivity index (χ4v) is 2.59. The maximum absolute atomic E-state index is 12.7. The molecule has 1 aromatic carbocycles. The summed E-state index contributed by atoms with van der Waals surface area (Å²) in [5, 5.41) is 0. The van der Waals surface area contributed by atoms with Gasteiger partial charge < -0.3 is 14.5 Å². The maximum atomic E-state index is 12.7.